The van der Waals surface area contributed by atoms with E-state index in [2.05, 4.69) is 15.6 Å². The lowest BCUT2D eigenvalue weighted by Crippen LogP contribution is -2.12. The van der Waals surface area contributed by atoms with Crippen molar-refractivity contribution >= 4 is 44.4 Å². The summed E-state index contributed by atoms with van der Waals surface area (Å²) in [5, 5.41) is 14.1. The van der Waals surface area contributed by atoms with E-state index in [1.807, 2.05) is 24.3 Å². The van der Waals surface area contributed by atoms with Gasteiger partial charge in [0.2, 0.25) is 0 Å². The Bertz CT molecular complexity index is 810. The molecule has 1 heterocycles. The van der Waals surface area contributed by atoms with E-state index in [0.29, 0.717) is 16.4 Å². The molecule has 0 radical (unpaired) electrons. The zero-order chi connectivity index (χ0) is 15.5. The first-order valence-corrected chi connectivity index (χ1v) is 7.20. The number of fused-ring (bicyclic) bond motifs is 1. The Hall–Kier alpha value is -2.93. The summed E-state index contributed by atoms with van der Waals surface area (Å²) in [5.41, 5.74) is 1.67. The van der Waals surface area contributed by atoms with E-state index in [9.17, 15) is 9.59 Å². The molecule has 2 amide bonds. The Morgan fingerprint density at radius 2 is 1.73 bits per heavy atom. The summed E-state index contributed by atoms with van der Waals surface area (Å²) in [6.07, 6.45) is -1.15. The molecule has 0 fully saturated rings. The van der Waals surface area contributed by atoms with Crippen molar-refractivity contribution in [2.75, 3.05) is 10.6 Å². The molecule has 0 saturated carbocycles. The molecule has 3 rings (SSSR count). The highest BCUT2D eigenvalue weighted by atomic mass is 32.1. The molecule has 22 heavy (non-hydrogen) atoms. The summed E-state index contributed by atoms with van der Waals surface area (Å²) in [6.45, 7) is 0. The molecular formula is C15H11N3O3S. The number of carboxylic acid groups (broad SMARTS) is 1. The number of hydrogen-bond acceptors (Lipinski definition) is 4. The molecule has 1 aromatic heterocycles. The quantitative estimate of drug-likeness (QED) is 0.688. The minimum absolute atomic E-state index is 0.291. The first kappa shape index (κ1) is 14.0. The van der Waals surface area contributed by atoms with Gasteiger partial charge in [-0.3, -0.25) is 15.4 Å². The molecule has 3 aromatic rings. The fourth-order valence-electron chi connectivity index (χ4n) is 1.92. The van der Waals surface area contributed by atoms with Crippen molar-refractivity contribution in [3.05, 3.63) is 54.1 Å². The SMILES string of the molecule is O=C(O)Nc1ccc(C(=O)Nc2nc3ccccc3s2)cc1. The Morgan fingerprint density at radius 3 is 2.41 bits per heavy atom. The van der Waals surface area contributed by atoms with Crippen molar-refractivity contribution in [3.63, 3.8) is 0 Å². The van der Waals surface area contributed by atoms with Crippen LogP contribution in [0.25, 0.3) is 10.2 Å². The molecule has 6 nitrogen and oxygen atoms in total. The first-order valence-electron chi connectivity index (χ1n) is 6.39. The number of para-hydroxylation sites is 1. The van der Waals surface area contributed by atoms with Crippen LogP contribution in [-0.4, -0.2) is 22.1 Å². The third kappa shape index (κ3) is 3.04. The molecule has 0 aliphatic rings. The van der Waals surface area contributed by atoms with Gasteiger partial charge in [-0.15, -0.1) is 0 Å². The van der Waals surface area contributed by atoms with Crippen molar-refractivity contribution in [1.29, 1.82) is 0 Å². The number of hydrogen-bond donors (Lipinski definition) is 3. The second-order valence-corrected chi connectivity index (χ2v) is 5.48. The van der Waals surface area contributed by atoms with Crippen LogP contribution in [-0.2, 0) is 0 Å². The van der Waals surface area contributed by atoms with E-state index in [1.165, 1.54) is 23.5 Å². The van der Waals surface area contributed by atoms with E-state index < -0.39 is 6.09 Å². The minimum Gasteiger partial charge on any atom is -0.465 e. The van der Waals surface area contributed by atoms with E-state index in [1.54, 1.807) is 12.1 Å². The predicted octanol–water partition coefficient (Wildman–Crippen LogP) is 3.64. The Morgan fingerprint density at radius 1 is 1.00 bits per heavy atom. The zero-order valence-electron chi connectivity index (χ0n) is 11.2. The topological polar surface area (TPSA) is 91.3 Å². The summed E-state index contributed by atoms with van der Waals surface area (Å²) in [7, 11) is 0. The molecule has 0 spiro atoms. The molecule has 0 bridgehead atoms. The van der Waals surface area contributed by atoms with Gasteiger partial charge in [-0.05, 0) is 36.4 Å². The Kier molecular flexibility index (Phi) is 3.71. The number of carbonyl (C=O) groups is 2. The van der Waals surface area contributed by atoms with Gasteiger partial charge >= 0.3 is 6.09 Å². The number of aromatic nitrogens is 1. The van der Waals surface area contributed by atoms with Gasteiger partial charge in [-0.1, -0.05) is 23.5 Å². The zero-order valence-corrected chi connectivity index (χ0v) is 12.1. The maximum Gasteiger partial charge on any atom is 0.409 e. The highest BCUT2D eigenvalue weighted by Crippen LogP contribution is 2.25. The van der Waals surface area contributed by atoms with Crippen molar-refractivity contribution in [1.82, 2.24) is 4.98 Å². The van der Waals surface area contributed by atoms with Gasteiger partial charge in [0.15, 0.2) is 5.13 Å². The number of nitrogens with one attached hydrogen (secondary N) is 2. The molecule has 0 saturated heterocycles. The lowest BCUT2D eigenvalue weighted by Gasteiger charge is -2.03. The number of anilines is 2. The second-order valence-electron chi connectivity index (χ2n) is 4.45. The molecular weight excluding hydrogens is 302 g/mol. The first-order chi connectivity index (χ1) is 10.6. The van der Waals surface area contributed by atoms with Crippen LogP contribution in [0.15, 0.2) is 48.5 Å². The second kappa shape index (κ2) is 5.82. The number of benzene rings is 2. The largest absolute Gasteiger partial charge is 0.465 e. The average Bonchev–Trinajstić information content (AvgIpc) is 2.89. The summed E-state index contributed by atoms with van der Waals surface area (Å²) in [4.78, 5) is 27.0. The van der Waals surface area contributed by atoms with Gasteiger partial charge < -0.3 is 5.11 Å². The fourth-order valence-corrected chi connectivity index (χ4v) is 2.78. The molecule has 110 valence electrons. The molecule has 0 unspecified atom stereocenters. The van der Waals surface area contributed by atoms with E-state index in [4.69, 9.17) is 5.11 Å². The minimum atomic E-state index is -1.15. The lowest BCUT2D eigenvalue weighted by atomic mass is 10.2. The maximum absolute atomic E-state index is 12.1. The number of rotatable bonds is 3. The van der Waals surface area contributed by atoms with Gasteiger partial charge in [-0.25, -0.2) is 9.78 Å². The lowest BCUT2D eigenvalue weighted by molar-refractivity contribution is 0.102. The van der Waals surface area contributed by atoms with E-state index in [-0.39, 0.29) is 5.91 Å². The fraction of sp³-hybridized carbons (Fsp3) is 0. The van der Waals surface area contributed by atoms with Crippen LogP contribution in [0.3, 0.4) is 0 Å². The van der Waals surface area contributed by atoms with E-state index in [0.717, 1.165) is 10.2 Å². The monoisotopic (exact) mass is 313 g/mol. The molecule has 0 atom stereocenters. The van der Waals surface area contributed by atoms with Crippen molar-refractivity contribution in [3.8, 4) is 0 Å². The van der Waals surface area contributed by atoms with Crippen molar-refractivity contribution in [2.45, 2.75) is 0 Å². The van der Waals surface area contributed by atoms with Crippen LogP contribution in [0.1, 0.15) is 10.4 Å². The van der Waals surface area contributed by atoms with E-state index >= 15 is 0 Å². The van der Waals surface area contributed by atoms with Crippen molar-refractivity contribution in [2.24, 2.45) is 0 Å². The highest BCUT2D eigenvalue weighted by Gasteiger charge is 2.10. The highest BCUT2D eigenvalue weighted by molar-refractivity contribution is 7.22. The van der Waals surface area contributed by atoms with Gasteiger partial charge in [0.05, 0.1) is 10.2 Å². The summed E-state index contributed by atoms with van der Waals surface area (Å²) in [6, 6.07) is 13.8. The van der Waals surface area contributed by atoms with Gasteiger partial charge in [0.25, 0.3) is 5.91 Å². The normalized spacial score (nSPS) is 10.4. The summed E-state index contributed by atoms with van der Waals surface area (Å²) >= 11 is 1.40. The maximum atomic E-state index is 12.1. The van der Waals surface area contributed by atoms with Crippen LogP contribution >= 0.6 is 11.3 Å². The number of nitrogens with zero attached hydrogens (tertiary/aromatic N) is 1. The standard InChI is InChI=1S/C15H11N3O3S/c19-13(9-5-7-10(8-6-9)16-15(20)21)18-14-17-11-3-1-2-4-12(11)22-14/h1-8,16H,(H,20,21)(H,17,18,19). The molecule has 7 heteroatoms. The number of amides is 2. The molecule has 0 aliphatic carbocycles. The average molecular weight is 313 g/mol. The number of thiazole rings is 1. The van der Waals surface area contributed by atoms with Crippen LogP contribution in [0.2, 0.25) is 0 Å². The van der Waals surface area contributed by atoms with Crippen LogP contribution in [0, 0.1) is 0 Å². The number of carbonyl (C=O) groups excluding carboxylic acids is 1. The van der Waals surface area contributed by atoms with Crippen LogP contribution in [0.4, 0.5) is 15.6 Å². The van der Waals surface area contributed by atoms with Crippen LogP contribution in [0.5, 0.6) is 0 Å². The third-order valence-corrected chi connectivity index (χ3v) is 3.86. The third-order valence-electron chi connectivity index (χ3n) is 2.91. The predicted molar refractivity (Wildman–Crippen MR) is 85.7 cm³/mol. The summed E-state index contributed by atoms with van der Waals surface area (Å²) in [5.74, 6) is -0.291. The molecule has 3 N–H and O–H groups in total. The Balaban J connectivity index is 1.74. The van der Waals surface area contributed by atoms with Gasteiger partial charge in [0, 0.05) is 11.3 Å². The Labute approximate surface area is 129 Å². The van der Waals surface area contributed by atoms with Crippen LogP contribution < -0.4 is 10.6 Å². The molecule has 0 aliphatic heterocycles. The smallest absolute Gasteiger partial charge is 0.409 e. The summed E-state index contributed by atoms with van der Waals surface area (Å²) < 4.78 is 0.999. The molecule has 2 aromatic carbocycles. The van der Waals surface area contributed by atoms with Gasteiger partial charge in [-0.2, -0.15) is 0 Å². The van der Waals surface area contributed by atoms with Gasteiger partial charge in [0.1, 0.15) is 0 Å². The van der Waals surface area contributed by atoms with Crippen molar-refractivity contribution < 1.29 is 14.7 Å².